The van der Waals surface area contributed by atoms with Crippen LogP contribution in [0.2, 0.25) is 0 Å². The van der Waals surface area contributed by atoms with Crippen LogP contribution < -0.4 is 19.7 Å². The smallest absolute Gasteiger partial charge is 0.272 e. The molecule has 0 radical (unpaired) electrons. The summed E-state index contributed by atoms with van der Waals surface area (Å²) in [6, 6.07) is 7.11. The Balaban J connectivity index is 1.60. The third-order valence-corrected chi connectivity index (χ3v) is 5.83. The summed E-state index contributed by atoms with van der Waals surface area (Å²) in [4.78, 5) is 23.8. The molecule has 1 aliphatic heterocycles. The molecule has 1 fully saturated rings. The molecule has 0 spiro atoms. The SMILES string of the molecule is CC1(C)Oc2cnc(Nc3ccc(NS(C)(=N)=O)cc3)nc2N(C2CCCC2)C1=O. The minimum atomic E-state index is -2.83. The molecular weight excluding hydrogens is 404 g/mol. The molecule has 0 bridgehead atoms. The van der Waals surface area contributed by atoms with Crippen molar-refractivity contribution in [2.75, 3.05) is 21.2 Å². The molecule has 30 heavy (non-hydrogen) atoms. The Hall–Kier alpha value is -2.88. The summed E-state index contributed by atoms with van der Waals surface area (Å²) in [6.07, 6.45) is 7.04. The largest absolute Gasteiger partial charge is 0.472 e. The predicted octanol–water partition coefficient (Wildman–Crippen LogP) is 3.67. The number of nitrogens with one attached hydrogen (secondary N) is 3. The zero-order chi connectivity index (χ0) is 21.5. The Morgan fingerprint density at radius 3 is 2.47 bits per heavy atom. The summed E-state index contributed by atoms with van der Waals surface area (Å²) in [5.74, 6) is 1.28. The average Bonchev–Trinajstić information content (AvgIpc) is 3.18. The minimum absolute atomic E-state index is 0.0828. The number of nitrogens with zero attached hydrogens (tertiary/aromatic N) is 3. The third kappa shape index (κ3) is 4.18. The molecule has 2 aliphatic rings. The van der Waals surface area contributed by atoms with E-state index in [4.69, 9.17) is 9.52 Å². The highest BCUT2D eigenvalue weighted by Crippen LogP contribution is 2.40. The zero-order valence-corrected chi connectivity index (χ0v) is 18.1. The second kappa shape index (κ2) is 7.42. The number of carbonyl (C=O) groups is 1. The van der Waals surface area contributed by atoms with Crippen LogP contribution in [-0.4, -0.2) is 38.0 Å². The Bertz CT molecular complexity index is 1060. The fraction of sp³-hybridized carbons (Fsp3) is 0.450. The van der Waals surface area contributed by atoms with Crippen LogP contribution in [0.3, 0.4) is 0 Å². The number of anilines is 4. The van der Waals surface area contributed by atoms with E-state index in [2.05, 4.69) is 20.0 Å². The molecule has 1 unspecified atom stereocenters. The molecule has 1 amide bonds. The Labute approximate surface area is 176 Å². The molecule has 0 saturated heterocycles. The monoisotopic (exact) mass is 430 g/mol. The van der Waals surface area contributed by atoms with Crippen molar-refractivity contribution < 1.29 is 13.7 Å². The number of ether oxygens (including phenoxy) is 1. The first-order valence-electron chi connectivity index (χ1n) is 9.91. The van der Waals surface area contributed by atoms with Gasteiger partial charge in [0.15, 0.2) is 17.2 Å². The first kappa shape index (κ1) is 20.4. The van der Waals surface area contributed by atoms with Gasteiger partial charge in [-0.2, -0.15) is 4.98 Å². The average molecular weight is 431 g/mol. The van der Waals surface area contributed by atoms with Crippen LogP contribution in [0.4, 0.5) is 23.1 Å². The summed E-state index contributed by atoms with van der Waals surface area (Å²) >= 11 is 0. The predicted molar refractivity (Wildman–Crippen MR) is 117 cm³/mol. The van der Waals surface area contributed by atoms with E-state index in [0.29, 0.717) is 23.2 Å². The van der Waals surface area contributed by atoms with Gasteiger partial charge in [0.2, 0.25) is 5.95 Å². The van der Waals surface area contributed by atoms with Gasteiger partial charge in [-0.05, 0) is 51.0 Å². The van der Waals surface area contributed by atoms with Gasteiger partial charge in [-0.1, -0.05) is 12.8 Å². The molecule has 4 rings (SSSR count). The number of hydrogen-bond acceptors (Lipinski definition) is 7. The Morgan fingerprint density at radius 1 is 1.20 bits per heavy atom. The lowest BCUT2D eigenvalue weighted by molar-refractivity contribution is -0.133. The van der Waals surface area contributed by atoms with Crippen molar-refractivity contribution in [3.05, 3.63) is 30.5 Å². The Kier molecular flexibility index (Phi) is 5.05. The first-order valence-corrected chi connectivity index (χ1v) is 11.9. The van der Waals surface area contributed by atoms with E-state index in [1.807, 2.05) is 0 Å². The van der Waals surface area contributed by atoms with Gasteiger partial charge in [0, 0.05) is 23.7 Å². The lowest BCUT2D eigenvalue weighted by Gasteiger charge is -2.40. The number of aromatic nitrogens is 2. The lowest BCUT2D eigenvalue weighted by Crippen LogP contribution is -2.55. The summed E-state index contributed by atoms with van der Waals surface area (Å²) < 4.78 is 27.5. The number of hydrogen-bond donors (Lipinski definition) is 3. The molecule has 1 aromatic heterocycles. The van der Waals surface area contributed by atoms with Gasteiger partial charge in [0.05, 0.1) is 6.20 Å². The van der Waals surface area contributed by atoms with Gasteiger partial charge in [0.25, 0.3) is 5.91 Å². The van der Waals surface area contributed by atoms with E-state index in [1.165, 1.54) is 6.26 Å². The van der Waals surface area contributed by atoms with Gasteiger partial charge in [-0.15, -0.1) is 0 Å². The van der Waals surface area contributed by atoms with E-state index in [1.54, 1.807) is 49.2 Å². The maximum atomic E-state index is 13.1. The molecule has 1 atom stereocenters. The van der Waals surface area contributed by atoms with E-state index < -0.39 is 15.5 Å². The highest BCUT2D eigenvalue weighted by Gasteiger charge is 2.45. The van der Waals surface area contributed by atoms with Gasteiger partial charge >= 0.3 is 0 Å². The van der Waals surface area contributed by atoms with Crippen molar-refractivity contribution in [3.63, 3.8) is 0 Å². The summed E-state index contributed by atoms with van der Waals surface area (Å²) in [5, 5.41) is 3.13. The normalized spacial score (nSPS) is 20.2. The van der Waals surface area contributed by atoms with Gasteiger partial charge in [-0.3, -0.25) is 14.4 Å². The second-order valence-corrected chi connectivity index (χ2v) is 10.1. The third-order valence-electron chi connectivity index (χ3n) is 5.21. The lowest BCUT2D eigenvalue weighted by atomic mass is 10.0. The van der Waals surface area contributed by atoms with Crippen molar-refractivity contribution in [3.8, 4) is 5.75 Å². The summed E-state index contributed by atoms with van der Waals surface area (Å²) in [7, 11) is -2.83. The van der Waals surface area contributed by atoms with Crippen molar-refractivity contribution >= 4 is 39.0 Å². The van der Waals surface area contributed by atoms with Crippen LogP contribution in [0.25, 0.3) is 0 Å². The number of carbonyl (C=O) groups excluding carboxylic acids is 1. The van der Waals surface area contributed by atoms with E-state index in [9.17, 15) is 9.00 Å². The number of amides is 1. The summed E-state index contributed by atoms with van der Waals surface area (Å²) in [5.41, 5.74) is 0.360. The van der Waals surface area contributed by atoms with Crippen LogP contribution in [0.5, 0.6) is 5.75 Å². The van der Waals surface area contributed by atoms with Crippen LogP contribution in [0.15, 0.2) is 30.5 Å². The molecule has 2 aromatic rings. The number of benzene rings is 1. The van der Waals surface area contributed by atoms with Gasteiger partial charge in [0.1, 0.15) is 9.92 Å². The highest BCUT2D eigenvalue weighted by molar-refractivity contribution is 7.93. The maximum Gasteiger partial charge on any atom is 0.272 e. The molecule has 1 saturated carbocycles. The molecule has 160 valence electrons. The molecular formula is C20H26N6O3S. The zero-order valence-electron chi connectivity index (χ0n) is 17.3. The fourth-order valence-electron chi connectivity index (χ4n) is 3.85. The van der Waals surface area contributed by atoms with Crippen LogP contribution in [0.1, 0.15) is 39.5 Å². The second-order valence-electron chi connectivity index (χ2n) is 8.26. The summed E-state index contributed by atoms with van der Waals surface area (Å²) in [6.45, 7) is 3.54. The van der Waals surface area contributed by atoms with Crippen LogP contribution in [-0.2, 0) is 14.7 Å². The first-order chi connectivity index (χ1) is 14.1. The number of rotatable bonds is 5. The van der Waals surface area contributed by atoms with Gasteiger partial charge < -0.3 is 10.1 Å². The molecule has 3 N–H and O–H groups in total. The maximum absolute atomic E-state index is 13.1. The fourth-order valence-corrected chi connectivity index (χ4v) is 4.43. The minimum Gasteiger partial charge on any atom is -0.472 e. The van der Waals surface area contributed by atoms with Crippen molar-refractivity contribution in [1.82, 2.24) is 9.97 Å². The van der Waals surface area contributed by atoms with Crippen molar-refractivity contribution in [2.24, 2.45) is 0 Å². The quantitative estimate of drug-likeness (QED) is 0.666. The van der Waals surface area contributed by atoms with Crippen LogP contribution in [0, 0.1) is 4.78 Å². The molecule has 1 aliphatic carbocycles. The topological polar surface area (TPSA) is 120 Å². The Morgan fingerprint density at radius 2 is 1.83 bits per heavy atom. The number of fused-ring (bicyclic) bond motifs is 1. The molecule has 1 aromatic carbocycles. The van der Waals surface area contributed by atoms with Crippen molar-refractivity contribution in [2.45, 2.75) is 51.2 Å². The van der Waals surface area contributed by atoms with E-state index in [0.717, 1.165) is 31.4 Å². The van der Waals surface area contributed by atoms with Crippen molar-refractivity contribution in [1.29, 1.82) is 4.78 Å². The molecule has 2 heterocycles. The van der Waals surface area contributed by atoms with E-state index >= 15 is 0 Å². The highest BCUT2D eigenvalue weighted by atomic mass is 32.2. The standard InChI is InChI=1S/C20H26N6O3S/c1-20(2)18(27)26(15-6-4-5-7-15)17-16(29-20)12-22-19(24-17)23-13-8-10-14(11-9-13)25-30(3,21)28/h8-12,15H,4-7H2,1-3H3,(H2,21,25,28)(H,22,23,24). The molecule has 9 nitrogen and oxygen atoms in total. The van der Waals surface area contributed by atoms with E-state index in [-0.39, 0.29) is 11.9 Å². The van der Waals surface area contributed by atoms with Crippen LogP contribution >= 0.6 is 0 Å². The van der Waals surface area contributed by atoms with Gasteiger partial charge in [-0.25, -0.2) is 14.0 Å². The molecule has 10 heteroatoms.